The van der Waals surface area contributed by atoms with Crippen LogP contribution in [0.1, 0.15) is 29.6 Å². The third-order valence-electron chi connectivity index (χ3n) is 2.68. The van der Waals surface area contributed by atoms with Gasteiger partial charge in [-0.2, -0.15) is 5.10 Å². The summed E-state index contributed by atoms with van der Waals surface area (Å²) in [7, 11) is 1.94. The van der Waals surface area contributed by atoms with Crippen LogP contribution in [0.3, 0.4) is 0 Å². The van der Waals surface area contributed by atoms with Gasteiger partial charge in [0.1, 0.15) is 11.4 Å². The molecule has 0 bridgehead atoms. The Balaban J connectivity index is 1.92. The van der Waals surface area contributed by atoms with Crippen LogP contribution in [0.5, 0.6) is 0 Å². The second-order valence-electron chi connectivity index (χ2n) is 4.03. The van der Waals surface area contributed by atoms with Crippen molar-refractivity contribution in [3.8, 4) is 0 Å². The van der Waals surface area contributed by atoms with Crippen molar-refractivity contribution in [1.29, 1.82) is 0 Å². The molecule has 2 heterocycles. The Bertz CT molecular complexity index is 488. The average Bonchev–Trinajstić information content (AvgIpc) is 2.86. The van der Waals surface area contributed by atoms with Crippen LogP contribution in [-0.2, 0) is 26.6 Å². The van der Waals surface area contributed by atoms with Crippen LogP contribution in [0.15, 0.2) is 10.8 Å². The van der Waals surface area contributed by atoms with Crippen LogP contribution >= 0.6 is 0 Å². The summed E-state index contributed by atoms with van der Waals surface area (Å²) in [5.74, 6) is 0. The highest BCUT2D eigenvalue weighted by Crippen LogP contribution is 2.07. The van der Waals surface area contributed by atoms with Crippen molar-refractivity contribution < 1.29 is 4.63 Å². The molecule has 0 aliphatic heterocycles. The number of nitrogens with one attached hydrogen (secondary N) is 1. The summed E-state index contributed by atoms with van der Waals surface area (Å²) >= 11 is 0. The predicted octanol–water partition coefficient (Wildman–Crippen LogP) is 0.964. The molecule has 0 aliphatic rings. The normalized spacial score (nSPS) is 11.0. The summed E-state index contributed by atoms with van der Waals surface area (Å²) in [4.78, 5) is 0. The summed E-state index contributed by atoms with van der Waals surface area (Å²) < 4.78 is 6.49. The van der Waals surface area contributed by atoms with Crippen LogP contribution in [0.25, 0.3) is 0 Å². The van der Waals surface area contributed by atoms with Gasteiger partial charge in [-0.3, -0.25) is 4.68 Å². The van der Waals surface area contributed by atoms with Gasteiger partial charge in [0.15, 0.2) is 0 Å². The zero-order valence-corrected chi connectivity index (χ0v) is 10.4. The Morgan fingerprint density at radius 1 is 1.29 bits per heavy atom. The SMILES string of the molecule is CCc1nn(C)cc1CNCc1nonc1C. The summed E-state index contributed by atoms with van der Waals surface area (Å²) in [6, 6.07) is 0. The fourth-order valence-electron chi connectivity index (χ4n) is 1.75. The zero-order chi connectivity index (χ0) is 12.3. The number of aromatic nitrogens is 4. The van der Waals surface area contributed by atoms with Crippen LogP contribution in [-0.4, -0.2) is 20.1 Å². The van der Waals surface area contributed by atoms with Gasteiger partial charge in [-0.15, -0.1) is 0 Å². The Hall–Kier alpha value is -1.69. The molecule has 2 rings (SSSR count). The Kier molecular flexibility index (Phi) is 3.53. The first-order valence-electron chi connectivity index (χ1n) is 5.70. The maximum Gasteiger partial charge on any atom is 0.121 e. The van der Waals surface area contributed by atoms with Gasteiger partial charge in [0.2, 0.25) is 0 Å². The lowest BCUT2D eigenvalue weighted by Gasteiger charge is -2.01. The monoisotopic (exact) mass is 235 g/mol. The lowest BCUT2D eigenvalue weighted by Crippen LogP contribution is -2.14. The fourth-order valence-corrected chi connectivity index (χ4v) is 1.75. The highest BCUT2D eigenvalue weighted by atomic mass is 16.6. The molecule has 0 aromatic carbocycles. The Morgan fingerprint density at radius 3 is 2.76 bits per heavy atom. The molecule has 0 spiro atoms. The minimum atomic E-state index is 0.660. The largest absolute Gasteiger partial charge is 0.307 e. The predicted molar refractivity (Wildman–Crippen MR) is 62.2 cm³/mol. The van der Waals surface area contributed by atoms with Gasteiger partial charge in [-0.05, 0) is 13.3 Å². The van der Waals surface area contributed by atoms with Gasteiger partial charge in [0.25, 0.3) is 0 Å². The smallest absolute Gasteiger partial charge is 0.121 e. The topological polar surface area (TPSA) is 68.8 Å². The van der Waals surface area contributed by atoms with Crippen LogP contribution in [0.2, 0.25) is 0 Å². The van der Waals surface area contributed by atoms with E-state index in [0.717, 1.165) is 30.0 Å². The fraction of sp³-hybridized carbons (Fsp3) is 0.545. The Morgan fingerprint density at radius 2 is 2.12 bits per heavy atom. The van der Waals surface area contributed by atoms with E-state index < -0.39 is 0 Å². The second-order valence-corrected chi connectivity index (χ2v) is 4.03. The van der Waals surface area contributed by atoms with Crippen LogP contribution < -0.4 is 5.32 Å². The van der Waals surface area contributed by atoms with Gasteiger partial charge in [0, 0.05) is 31.9 Å². The lowest BCUT2D eigenvalue weighted by atomic mass is 10.2. The number of hydrogen-bond acceptors (Lipinski definition) is 5. The summed E-state index contributed by atoms with van der Waals surface area (Å²) in [5.41, 5.74) is 4.05. The van der Waals surface area contributed by atoms with Crippen molar-refractivity contribution in [3.05, 3.63) is 28.8 Å². The molecule has 2 aromatic rings. The minimum absolute atomic E-state index is 0.660. The van der Waals surface area contributed by atoms with Crippen LogP contribution in [0, 0.1) is 6.92 Å². The molecule has 0 atom stereocenters. The van der Waals surface area contributed by atoms with Crippen molar-refractivity contribution in [1.82, 2.24) is 25.4 Å². The third kappa shape index (κ3) is 2.71. The van der Waals surface area contributed by atoms with Gasteiger partial charge >= 0.3 is 0 Å². The first-order valence-corrected chi connectivity index (χ1v) is 5.70. The van der Waals surface area contributed by atoms with Crippen molar-refractivity contribution in [2.24, 2.45) is 7.05 Å². The van der Waals surface area contributed by atoms with E-state index in [2.05, 4.69) is 32.3 Å². The minimum Gasteiger partial charge on any atom is -0.307 e. The maximum atomic E-state index is 4.64. The highest BCUT2D eigenvalue weighted by molar-refractivity contribution is 5.17. The Labute approximate surface area is 100.0 Å². The first-order chi connectivity index (χ1) is 8.20. The summed E-state index contributed by atoms with van der Waals surface area (Å²) in [6.07, 6.45) is 2.99. The standard InChI is InChI=1S/C11H17N5O/c1-4-10-9(7-16(3)13-10)5-12-6-11-8(2)14-17-15-11/h7,12H,4-6H2,1-3H3. The van der Waals surface area contributed by atoms with E-state index in [1.165, 1.54) is 5.56 Å². The quantitative estimate of drug-likeness (QED) is 0.836. The first kappa shape index (κ1) is 11.8. The van der Waals surface area contributed by atoms with E-state index in [-0.39, 0.29) is 0 Å². The van der Waals surface area contributed by atoms with Gasteiger partial charge in [0.05, 0.1) is 5.69 Å². The zero-order valence-electron chi connectivity index (χ0n) is 10.4. The molecular formula is C11H17N5O. The molecule has 0 amide bonds. The molecule has 0 saturated heterocycles. The molecule has 1 N–H and O–H groups in total. The molecule has 0 radical (unpaired) electrons. The van der Waals surface area contributed by atoms with E-state index >= 15 is 0 Å². The number of rotatable bonds is 5. The van der Waals surface area contributed by atoms with Crippen molar-refractivity contribution in [2.75, 3.05) is 0 Å². The number of hydrogen-bond donors (Lipinski definition) is 1. The van der Waals surface area contributed by atoms with Gasteiger partial charge in [-0.1, -0.05) is 17.2 Å². The molecule has 0 unspecified atom stereocenters. The van der Waals surface area contributed by atoms with Gasteiger partial charge < -0.3 is 5.32 Å². The second kappa shape index (κ2) is 5.09. The third-order valence-corrected chi connectivity index (χ3v) is 2.68. The number of aryl methyl sites for hydroxylation is 3. The number of nitrogens with zero attached hydrogens (tertiary/aromatic N) is 4. The average molecular weight is 235 g/mol. The molecule has 17 heavy (non-hydrogen) atoms. The maximum absolute atomic E-state index is 4.64. The highest BCUT2D eigenvalue weighted by Gasteiger charge is 2.07. The van der Waals surface area contributed by atoms with E-state index in [4.69, 9.17) is 0 Å². The molecule has 92 valence electrons. The molecule has 0 aliphatic carbocycles. The van der Waals surface area contributed by atoms with Gasteiger partial charge in [-0.25, -0.2) is 4.63 Å². The lowest BCUT2D eigenvalue weighted by molar-refractivity contribution is 0.300. The van der Waals surface area contributed by atoms with Crippen molar-refractivity contribution >= 4 is 0 Å². The van der Waals surface area contributed by atoms with Crippen LogP contribution in [0.4, 0.5) is 0 Å². The molecule has 0 saturated carbocycles. The van der Waals surface area contributed by atoms with E-state index in [0.29, 0.717) is 6.54 Å². The summed E-state index contributed by atoms with van der Waals surface area (Å²) in [6.45, 7) is 5.43. The van der Waals surface area contributed by atoms with E-state index in [9.17, 15) is 0 Å². The molecule has 2 aromatic heterocycles. The molecule has 0 fully saturated rings. The molecule has 6 nitrogen and oxygen atoms in total. The van der Waals surface area contributed by atoms with Crippen molar-refractivity contribution in [3.63, 3.8) is 0 Å². The summed E-state index contributed by atoms with van der Waals surface area (Å²) in [5, 5.41) is 15.3. The van der Waals surface area contributed by atoms with E-state index in [1.807, 2.05) is 24.9 Å². The van der Waals surface area contributed by atoms with Crippen molar-refractivity contribution in [2.45, 2.75) is 33.4 Å². The molecular weight excluding hydrogens is 218 g/mol. The van der Waals surface area contributed by atoms with E-state index in [1.54, 1.807) is 0 Å². The molecule has 6 heteroatoms.